The number of aliphatic carboxylic acids is 1. The Balaban J connectivity index is 3.25. The monoisotopic (exact) mass is 221 g/mol. The number of carboxylic acids is 1. The second kappa shape index (κ2) is 4.57. The van der Waals surface area contributed by atoms with E-state index in [4.69, 9.17) is 5.11 Å². The molecule has 0 unspecified atom stereocenters. The molecule has 1 rings (SSSR count). The lowest BCUT2D eigenvalue weighted by Gasteiger charge is -2.03. The van der Waals surface area contributed by atoms with Crippen LogP contribution in [-0.4, -0.2) is 16.0 Å². The highest BCUT2D eigenvalue weighted by atomic mass is 16.6. The van der Waals surface area contributed by atoms with Gasteiger partial charge in [-0.2, -0.15) is 0 Å². The number of rotatable bonds is 3. The van der Waals surface area contributed by atoms with E-state index in [0.29, 0.717) is 11.1 Å². The van der Waals surface area contributed by atoms with Crippen LogP contribution < -0.4 is 0 Å². The number of nitro benzene ring substituents is 1. The maximum Gasteiger partial charge on any atom is 0.328 e. The number of aryl methyl sites for hydroxylation is 2. The zero-order valence-electron chi connectivity index (χ0n) is 8.93. The summed E-state index contributed by atoms with van der Waals surface area (Å²) in [6.45, 7) is 3.42. The van der Waals surface area contributed by atoms with Crippen molar-refractivity contribution in [3.63, 3.8) is 0 Å². The van der Waals surface area contributed by atoms with E-state index < -0.39 is 10.9 Å². The fourth-order valence-electron chi connectivity index (χ4n) is 1.39. The molecule has 0 amide bonds. The molecule has 84 valence electrons. The van der Waals surface area contributed by atoms with Crippen LogP contribution >= 0.6 is 0 Å². The maximum atomic E-state index is 10.7. The summed E-state index contributed by atoms with van der Waals surface area (Å²) in [5, 5.41) is 19.2. The van der Waals surface area contributed by atoms with E-state index in [9.17, 15) is 14.9 Å². The molecule has 0 saturated carbocycles. The highest BCUT2D eigenvalue weighted by molar-refractivity contribution is 5.85. The van der Waals surface area contributed by atoms with E-state index in [-0.39, 0.29) is 5.69 Å². The molecule has 0 aromatic heterocycles. The maximum absolute atomic E-state index is 10.7. The average Bonchev–Trinajstić information content (AvgIpc) is 2.15. The predicted octanol–water partition coefficient (Wildman–Crippen LogP) is 2.31. The number of carbonyl (C=O) groups is 1. The van der Waals surface area contributed by atoms with Gasteiger partial charge in [0.05, 0.1) is 4.92 Å². The van der Waals surface area contributed by atoms with Gasteiger partial charge in [-0.15, -0.1) is 0 Å². The van der Waals surface area contributed by atoms with Crippen molar-refractivity contribution in [1.82, 2.24) is 0 Å². The van der Waals surface area contributed by atoms with E-state index in [1.54, 1.807) is 19.9 Å². The van der Waals surface area contributed by atoms with Crippen molar-refractivity contribution in [3.8, 4) is 0 Å². The molecule has 1 aromatic carbocycles. The van der Waals surface area contributed by atoms with Gasteiger partial charge < -0.3 is 5.11 Å². The molecule has 0 atom stereocenters. The second-order valence-electron chi connectivity index (χ2n) is 3.42. The molecule has 0 heterocycles. The predicted molar refractivity (Wildman–Crippen MR) is 59.2 cm³/mol. The second-order valence-corrected chi connectivity index (χ2v) is 3.42. The molecule has 0 aliphatic heterocycles. The largest absolute Gasteiger partial charge is 0.478 e. The number of carboxylic acid groups (broad SMARTS) is 1. The fourth-order valence-corrected chi connectivity index (χ4v) is 1.39. The lowest BCUT2D eigenvalue weighted by Crippen LogP contribution is -1.94. The van der Waals surface area contributed by atoms with Gasteiger partial charge in [0, 0.05) is 17.7 Å². The number of nitrogens with zero attached hydrogens (tertiary/aromatic N) is 1. The van der Waals surface area contributed by atoms with Crippen molar-refractivity contribution in [2.24, 2.45) is 0 Å². The van der Waals surface area contributed by atoms with Gasteiger partial charge in [0.15, 0.2) is 0 Å². The summed E-state index contributed by atoms with van der Waals surface area (Å²) in [6, 6.07) is 3.05. The Morgan fingerprint density at radius 3 is 2.50 bits per heavy atom. The molecule has 0 aliphatic rings. The van der Waals surface area contributed by atoms with Gasteiger partial charge in [0.25, 0.3) is 5.69 Å². The van der Waals surface area contributed by atoms with E-state index in [1.807, 2.05) is 0 Å². The minimum absolute atomic E-state index is 0.00404. The van der Waals surface area contributed by atoms with Gasteiger partial charge in [-0.05, 0) is 37.1 Å². The number of hydrogen-bond acceptors (Lipinski definition) is 3. The minimum Gasteiger partial charge on any atom is -0.478 e. The number of nitro groups is 1. The third-order valence-electron chi connectivity index (χ3n) is 2.19. The Bertz CT molecular complexity index is 477. The summed E-state index contributed by atoms with van der Waals surface area (Å²) in [4.78, 5) is 20.6. The fraction of sp³-hybridized carbons (Fsp3) is 0.182. The number of hydrogen-bond donors (Lipinski definition) is 1. The molecule has 5 nitrogen and oxygen atoms in total. The average molecular weight is 221 g/mol. The van der Waals surface area contributed by atoms with Crippen molar-refractivity contribution < 1.29 is 14.8 Å². The zero-order chi connectivity index (χ0) is 12.3. The van der Waals surface area contributed by atoms with E-state index in [0.717, 1.165) is 11.6 Å². The smallest absolute Gasteiger partial charge is 0.328 e. The van der Waals surface area contributed by atoms with E-state index in [1.165, 1.54) is 12.1 Å². The highest BCUT2D eigenvalue weighted by Crippen LogP contribution is 2.23. The van der Waals surface area contributed by atoms with Crippen LogP contribution in [0.4, 0.5) is 5.69 Å². The van der Waals surface area contributed by atoms with Crippen molar-refractivity contribution in [3.05, 3.63) is 45.0 Å². The van der Waals surface area contributed by atoms with Gasteiger partial charge in [-0.3, -0.25) is 10.1 Å². The van der Waals surface area contributed by atoms with Crippen LogP contribution in [0.3, 0.4) is 0 Å². The normalized spacial score (nSPS) is 10.6. The Kier molecular flexibility index (Phi) is 3.40. The first-order valence-corrected chi connectivity index (χ1v) is 4.58. The molecule has 1 aromatic rings. The Labute approximate surface area is 92.2 Å². The third-order valence-corrected chi connectivity index (χ3v) is 2.19. The Hall–Kier alpha value is -2.17. The summed E-state index contributed by atoms with van der Waals surface area (Å²) in [7, 11) is 0. The summed E-state index contributed by atoms with van der Waals surface area (Å²) in [5.74, 6) is -1.08. The third kappa shape index (κ3) is 2.66. The van der Waals surface area contributed by atoms with Gasteiger partial charge in [0.2, 0.25) is 0 Å². The van der Waals surface area contributed by atoms with E-state index >= 15 is 0 Å². The molecule has 16 heavy (non-hydrogen) atoms. The van der Waals surface area contributed by atoms with Gasteiger partial charge in [-0.25, -0.2) is 4.79 Å². The summed E-state index contributed by atoms with van der Waals surface area (Å²) < 4.78 is 0. The van der Waals surface area contributed by atoms with E-state index in [2.05, 4.69) is 0 Å². The van der Waals surface area contributed by atoms with Crippen LogP contribution in [0, 0.1) is 24.0 Å². The molecule has 0 fully saturated rings. The van der Waals surface area contributed by atoms with Crippen LogP contribution in [0.1, 0.15) is 16.7 Å². The Morgan fingerprint density at radius 1 is 1.38 bits per heavy atom. The van der Waals surface area contributed by atoms with Crippen LogP contribution in [-0.2, 0) is 4.79 Å². The molecular formula is C11H11NO4. The highest BCUT2D eigenvalue weighted by Gasteiger charge is 2.12. The van der Waals surface area contributed by atoms with Crippen molar-refractivity contribution in [1.29, 1.82) is 0 Å². The SMILES string of the molecule is Cc1cc(C)c([N+](=O)[O-])cc1C=CC(=O)O. The summed E-state index contributed by atoms with van der Waals surface area (Å²) >= 11 is 0. The zero-order valence-corrected chi connectivity index (χ0v) is 8.93. The van der Waals surface area contributed by atoms with Gasteiger partial charge >= 0.3 is 5.97 Å². The summed E-state index contributed by atoms with van der Waals surface area (Å²) in [6.07, 6.45) is 2.31. The first-order chi connectivity index (χ1) is 7.41. The van der Waals surface area contributed by atoms with Crippen LogP contribution in [0.15, 0.2) is 18.2 Å². The molecule has 0 bridgehead atoms. The molecule has 0 aliphatic carbocycles. The first kappa shape index (κ1) is 11.9. The van der Waals surface area contributed by atoms with Crippen LogP contribution in [0.5, 0.6) is 0 Å². The van der Waals surface area contributed by atoms with Crippen molar-refractivity contribution >= 4 is 17.7 Å². The Morgan fingerprint density at radius 2 is 2.00 bits per heavy atom. The van der Waals surface area contributed by atoms with Crippen molar-refractivity contribution in [2.75, 3.05) is 0 Å². The standard InChI is InChI=1S/C11H11NO4/c1-7-5-8(2)10(12(15)16)6-9(7)3-4-11(13)14/h3-6H,1-2H3,(H,13,14). The van der Waals surface area contributed by atoms with Crippen molar-refractivity contribution in [2.45, 2.75) is 13.8 Å². The summed E-state index contributed by atoms with van der Waals surface area (Å²) in [5.41, 5.74) is 1.91. The van der Waals surface area contributed by atoms with Crippen LogP contribution in [0.2, 0.25) is 0 Å². The van der Waals surface area contributed by atoms with Crippen LogP contribution in [0.25, 0.3) is 6.08 Å². The lowest BCUT2D eigenvalue weighted by molar-refractivity contribution is -0.385. The topological polar surface area (TPSA) is 80.4 Å². The first-order valence-electron chi connectivity index (χ1n) is 4.58. The molecule has 0 saturated heterocycles. The lowest BCUT2D eigenvalue weighted by atomic mass is 10.0. The molecule has 5 heteroatoms. The van der Waals surface area contributed by atoms with Gasteiger partial charge in [-0.1, -0.05) is 0 Å². The molecular weight excluding hydrogens is 210 g/mol. The quantitative estimate of drug-likeness (QED) is 0.482. The van der Waals surface area contributed by atoms with Gasteiger partial charge in [0.1, 0.15) is 0 Å². The molecule has 0 spiro atoms. The minimum atomic E-state index is -1.08. The number of benzene rings is 1. The molecule has 1 N–H and O–H groups in total. The molecule has 0 radical (unpaired) electrons.